The number of likely N-dealkylation sites (tertiary alicyclic amines) is 1. The highest BCUT2D eigenvalue weighted by atomic mass is 16.3. The fourth-order valence-electron chi connectivity index (χ4n) is 2.98. The van der Waals surface area contributed by atoms with Crippen LogP contribution in [0.1, 0.15) is 19.2 Å². The number of rotatable bonds is 4. The highest BCUT2D eigenvalue weighted by Gasteiger charge is 2.25. The summed E-state index contributed by atoms with van der Waals surface area (Å²) in [6, 6.07) is 7.40. The second-order valence-corrected chi connectivity index (χ2v) is 5.87. The number of aliphatic hydroxyl groups excluding tert-OH is 1. The Hall–Kier alpha value is -1.72. The second kappa shape index (κ2) is 5.95. The van der Waals surface area contributed by atoms with Gasteiger partial charge >= 0.3 is 0 Å². The molecule has 2 aromatic rings. The van der Waals surface area contributed by atoms with Crippen molar-refractivity contribution in [2.45, 2.75) is 25.9 Å². The van der Waals surface area contributed by atoms with E-state index in [0.717, 1.165) is 43.8 Å². The standard InChI is InChI=1S/C16H21N3O2/c1-11(20)12-6-8-19(10-12)9-7-15-17-14-5-3-2-4-13(14)16(21)18-15/h2-5,11-12,20H,6-10H2,1H3,(H,17,18,21). The van der Waals surface area contributed by atoms with Gasteiger partial charge in [-0.1, -0.05) is 12.1 Å². The number of aliphatic hydroxyl groups is 1. The number of hydrogen-bond donors (Lipinski definition) is 2. The van der Waals surface area contributed by atoms with Crippen LogP contribution in [-0.2, 0) is 6.42 Å². The largest absolute Gasteiger partial charge is 0.393 e. The Morgan fingerprint density at radius 1 is 1.48 bits per heavy atom. The highest BCUT2D eigenvalue weighted by Crippen LogP contribution is 2.19. The predicted octanol–water partition coefficient (Wildman–Crippen LogP) is 1.17. The Labute approximate surface area is 123 Å². The van der Waals surface area contributed by atoms with Crippen LogP contribution in [0.3, 0.4) is 0 Å². The van der Waals surface area contributed by atoms with Crippen molar-refractivity contribution in [3.63, 3.8) is 0 Å². The first-order valence-corrected chi connectivity index (χ1v) is 7.52. The molecule has 2 heterocycles. The van der Waals surface area contributed by atoms with Crippen LogP contribution >= 0.6 is 0 Å². The Morgan fingerprint density at radius 2 is 2.29 bits per heavy atom. The lowest BCUT2D eigenvalue weighted by Crippen LogP contribution is -2.27. The van der Waals surface area contributed by atoms with Crippen molar-refractivity contribution in [1.29, 1.82) is 0 Å². The van der Waals surface area contributed by atoms with E-state index in [9.17, 15) is 9.90 Å². The molecule has 1 aliphatic heterocycles. The summed E-state index contributed by atoms with van der Waals surface area (Å²) < 4.78 is 0. The van der Waals surface area contributed by atoms with Crippen LogP contribution in [0.4, 0.5) is 0 Å². The molecule has 1 aromatic carbocycles. The average molecular weight is 287 g/mol. The average Bonchev–Trinajstić information content (AvgIpc) is 2.94. The number of nitrogens with one attached hydrogen (secondary N) is 1. The van der Waals surface area contributed by atoms with Gasteiger partial charge in [0.25, 0.3) is 5.56 Å². The van der Waals surface area contributed by atoms with Crippen molar-refractivity contribution >= 4 is 10.9 Å². The lowest BCUT2D eigenvalue weighted by atomic mass is 10.0. The third-order valence-corrected chi connectivity index (χ3v) is 4.32. The molecule has 2 unspecified atom stereocenters. The molecule has 0 aliphatic carbocycles. The van der Waals surface area contributed by atoms with Crippen LogP contribution in [-0.4, -0.2) is 45.7 Å². The minimum atomic E-state index is -0.242. The van der Waals surface area contributed by atoms with Crippen LogP contribution in [0, 0.1) is 5.92 Å². The molecular weight excluding hydrogens is 266 g/mol. The van der Waals surface area contributed by atoms with Crippen molar-refractivity contribution < 1.29 is 5.11 Å². The molecule has 0 spiro atoms. The van der Waals surface area contributed by atoms with Gasteiger partial charge in [0.2, 0.25) is 0 Å². The lowest BCUT2D eigenvalue weighted by Gasteiger charge is -2.16. The highest BCUT2D eigenvalue weighted by molar-refractivity contribution is 5.77. The lowest BCUT2D eigenvalue weighted by molar-refractivity contribution is 0.128. The zero-order chi connectivity index (χ0) is 14.8. The molecule has 0 amide bonds. The van der Waals surface area contributed by atoms with E-state index in [1.807, 2.05) is 25.1 Å². The van der Waals surface area contributed by atoms with E-state index < -0.39 is 0 Å². The summed E-state index contributed by atoms with van der Waals surface area (Å²) in [5.41, 5.74) is 0.679. The first kappa shape index (κ1) is 14.2. The molecule has 1 fully saturated rings. The Bertz CT molecular complexity index is 681. The van der Waals surface area contributed by atoms with Gasteiger partial charge in [0.15, 0.2) is 0 Å². The van der Waals surface area contributed by atoms with E-state index >= 15 is 0 Å². The molecule has 0 bridgehead atoms. The smallest absolute Gasteiger partial charge is 0.258 e. The number of H-pyrrole nitrogens is 1. The molecule has 5 heteroatoms. The van der Waals surface area contributed by atoms with Crippen molar-refractivity contribution in [3.8, 4) is 0 Å². The van der Waals surface area contributed by atoms with E-state index in [1.54, 1.807) is 6.07 Å². The molecule has 0 radical (unpaired) electrons. The van der Waals surface area contributed by atoms with Crippen LogP contribution in [0.2, 0.25) is 0 Å². The maximum Gasteiger partial charge on any atom is 0.258 e. The van der Waals surface area contributed by atoms with Crippen molar-refractivity contribution in [3.05, 3.63) is 40.4 Å². The van der Waals surface area contributed by atoms with Gasteiger partial charge in [0, 0.05) is 19.5 Å². The van der Waals surface area contributed by atoms with E-state index in [4.69, 9.17) is 0 Å². The van der Waals surface area contributed by atoms with Gasteiger partial charge in [0.1, 0.15) is 5.82 Å². The van der Waals surface area contributed by atoms with Gasteiger partial charge < -0.3 is 15.0 Å². The normalized spacial score (nSPS) is 21.0. The van der Waals surface area contributed by atoms with Crippen molar-refractivity contribution in [2.75, 3.05) is 19.6 Å². The van der Waals surface area contributed by atoms with Gasteiger partial charge in [-0.25, -0.2) is 4.98 Å². The molecule has 112 valence electrons. The third kappa shape index (κ3) is 3.14. The zero-order valence-corrected chi connectivity index (χ0v) is 12.2. The monoisotopic (exact) mass is 287 g/mol. The minimum Gasteiger partial charge on any atom is -0.393 e. The quantitative estimate of drug-likeness (QED) is 0.885. The summed E-state index contributed by atoms with van der Waals surface area (Å²) in [5.74, 6) is 1.10. The molecule has 3 rings (SSSR count). The van der Waals surface area contributed by atoms with Gasteiger partial charge in [-0.15, -0.1) is 0 Å². The zero-order valence-electron chi connectivity index (χ0n) is 12.2. The number of fused-ring (bicyclic) bond motifs is 1. The molecular formula is C16H21N3O2. The number of aromatic nitrogens is 2. The number of nitrogens with zero attached hydrogens (tertiary/aromatic N) is 2. The van der Waals surface area contributed by atoms with E-state index in [1.165, 1.54) is 0 Å². The fraction of sp³-hybridized carbons (Fsp3) is 0.500. The van der Waals surface area contributed by atoms with Crippen molar-refractivity contribution in [1.82, 2.24) is 14.9 Å². The molecule has 0 saturated carbocycles. The first-order valence-electron chi connectivity index (χ1n) is 7.52. The molecule has 5 nitrogen and oxygen atoms in total. The SMILES string of the molecule is CC(O)C1CCN(CCc2nc3ccccc3c(=O)[nH]2)C1. The van der Waals surface area contributed by atoms with E-state index in [2.05, 4.69) is 14.9 Å². The molecule has 1 aliphatic rings. The summed E-state index contributed by atoms with van der Waals surface area (Å²) >= 11 is 0. The number of hydrogen-bond acceptors (Lipinski definition) is 4. The molecule has 1 aromatic heterocycles. The summed E-state index contributed by atoms with van der Waals surface area (Å²) in [7, 11) is 0. The number of aromatic amines is 1. The summed E-state index contributed by atoms with van der Waals surface area (Å²) in [6.07, 6.45) is 1.53. The summed E-state index contributed by atoms with van der Waals surface area (Å²) in [4.78, 5) is 21.7. The van der Waals surface area contributed by atoms with Crippen LogP contribution < -0.4 is 5.56 Å². The maximum atomic E-state index is 12.0. The Balaban J connectivity index is 1.68. The van der Waals surface area contributed by atoms with Crippen molar-refractivity contribution in [2.24, 2.45) is 5.92 Å². The van der Waals surface area contributed by atoms with E-state index in [-0.39, 0.29) is 11.7 Å². The summed E-state index contributed by atoms with van der Waals surface area (Å²) in [5, 5.41) is 10.3. The second-order valence-electron chi connectivity index (χ2n) is 5.87. The molecule has 2 N–H and O–H groups in total. The topological polar surface area (TPSA) is 69.2 Å². The molecule has 21 heavy (non-hydrogen) atoms. The molecule has 1 saturated heterocycles. The third-order valence-electron chi connectivity index (χ3n) is 4.32. The number of benzene rings is 1. The fourth-order valence-corrected chi connectivity index (χ4v) is 2.98. The van der Waals surface area contributed by atoms with Crippen LogP contribution in [0.15, 0.2) is 29.1 Å². The first-order chi connectivity index (χ1) is 10.1. The van der Waals surface area contributed by atoms with Gasteiger partial charge in [-0.3, -0.25) is 4.79 Å². The summed E-state index contributed by atoms with van der Waals surface area (Å²) in [6.45, 7) is 4.66. The predicted molar refractivity (Wildman–Crippen MR) is 82.3 cm³/mol. The van der Waals surface area contributed by atoms with Gasteiger partial charge in [-0.2, -0.15) is 0 Å². The van der Waals surface area contributed by atoms with Crippen LogP contribution in [0.5, 0.6) is 0 Å². The minimum absolute atomic E-state index is 0.0705. The Kier molecular flexibility index (Phi) is 4.03. The van der Waals surface area contributed by atoms with Crippen LogP contribution in [0.25, 0.3) is 10.9 Å². The van der Waals surface area contributed by atoms with Gasteiger partial charge in [-0.05, 0) is 37.9 Å². The van der Waals surface area contributed by atoms with E-state index in [0.29, 0.717) is 11.3 Å². The maximum absolute atomic E-state index is 12.0. The number of para-hydroxylation sites is 1. The Morgan fingerprint density at radius 3 is 3.05 bits per heavy atom. The molecule has 2 atom stereocenters. The van der Waals surface area contributed by atoms with Gasteiger partial charge in [0.05, 0.1) is 17.0 Å².